The minimum atomic E-state index is -3.15. The van der Waals surface area contributed by atoms with Crippen molar-refractivity contribution in [3.05, 3.63) is 0 Å². The maximum absolute atomic E-state index is 13.2. The lowest BCUT2D eigenvalue weighted by atomic mass is 9.77. The van der Waals surface area contributed by atoms with Crippen LogP contribution < -0.4 is 0 Å². The Balaban J connectivity index is 1.63. The number of piperidine rings is 1. The smallest absolute Gasteiger partial charge is 0.230 e. The summed E-state index contributed by atoms with van der Waals surface area (Å²) < 4.78 is 28.0. The topological polar surface area (TPSA) is 84.0 Å². The molecule has 0 aromatic heterocycles. The van der Waals surface area contributed by atoms with Crippen LogP contribution >= 0.6 is 0 Å². The van der Waals surface area contributed by atoms with Gasteiger partial charge >= 0.3 is 0 Å². The maximum atomic E-state index is 13.2. The largest absolute Gasteiger partial charge is 0.381 e. The van der Waals surface area contributed by atoms with E-state index in [1.807, 2.05) is 4.90 Å². The van der Waals surface area contributed by atoms with Crippen LogP contribution in [0.25, 0.3) is 0 Å². The van der Waals surface area contributed by atoms with E-state index >= 15 is 0 Å². The number of hydrogen-bond acceptors (Lipinski definition) is 5. The molecule has 7 nitrogen and oxygen atoms in total. The van der Waals surface area contributed by atoms with Crippen LogP contribution in [-0.4, -0.2) is 80.9 Å². The number of likely N-dealkylation sites (tertiary alicyclic amines) is 2. The summed E-state index contributed by atoms with van der Waals surface area (Å²) in [4.78, 5) is 29.2. The summed E-state index contributed by atoms with van der Waals surface area (Å²) in [7, 11) is -3.15. The van der Waals surface area contributed by atoms with E-state index in [-0.39, 0.29) is 30.0 Å². The van der Waals surface area contributed by atoms with E-state index in [0.717, 1.165) is 38.5 Å². The van der Waals surface area contributed by atoms with Crippen LogP contribution in [0.3, 0.4) is 0 Å². The predicted octanol–water partition coefficient (Wildman–Crippen LogP) is 0.441. The molecule has 3 aliphatic rings. The van der Waals surface area contributed by atoms with Gasteiger partial charge in [-0.15, -0.1) is 0 Å². The number of rotatable bonds is 4. The minimum Gasteiger partial charge on any atom is -0.381 e. The van der Waals surface area contributed by atoms with E-state index in [1.54, 1.807) is 4.90 Å². The molecule has 0 aliphatic carbocycles. The molecular weight excluding hydrogens is 344 g/mol. The number of amides is 2. The van der Waals surface area contributed by atoms with Crippen molar-refractivity contribution in [2.24, 2.45) is 5.41 Å². The van der Waals surface area contributed by atoms with Crippen molar-refractivity contribution >= 4 is 21.7 Å². The Morgan fingerprint density at radius 3 is 2.64 bits per heavy atom. The molecule has 0 N–H and O–H groups in total. The Morgan fingerprint density at radius 1 is 1.24 bits per heavy atom. The standard InChI is InChI=1S/C17H28N2O5S/c1-25(22,23)12-5-15(20)18-9-7-17(13-18)6-2-8-19(16(17)21)14-3-10-24-11-4-14/h14H,2-13H2,1H3/t17-/m0/s1. The van der Waals surface area contributed by atoms with E-state index in [1.165, 1.54) is 0 Å². The molecule has 3 heterocycles. The summed E-state index contributed by atoms with van der Waals surface area (Å²) in [5, 5.41) is 0. The zero-order valence-electron chi connectivity index (χ0n) is 14.9. The fourth-order valence-electron chi connectivity index (χ4n) is 4.34. The number of carbonyl (C=O) groups is 2. The molecule has 8 heteroatoms. The zero-order valence-corrected chi connectivity index (χ0v) is 15.7. The molecule has 0 bridgehead atoms. The van der Waals surface area contributed by atoms with Gasteiger partial charge in [-0.3, -0.25) is 9.59 Å². The molecule has 3 saturated heterocycles. The highest BCUT2D eigenvalue weighted by Crippen LogP contribution is 2.41. The van der Waals surface area contributed by atoms with Crippen molar-refractivity contribution in [1.29, 1.82) is 0 Å². The van der Waals surface area contributed by atoms with Gasteiger partial charge in [0, 0.05) is 51.6 Å². The van der Waals surface area contributed by atoms with Crippen molar-refractivity contribution in [2.45, 2.75) is 44.6 Å². The van der Waals surface area contributed by atoms with Gasteiger partial charge in [0.05, 0.1) is 11.2 Å². The molecule has 2 amide bonds. The highest BCUT2D eigenvalue weighted by molar-refractivity contribution is 7.90. The number of ether oxygens (including phenoxy) is 1. The average Bonchev–Trinajstić information content (AvgIpc) is 3.01. The van der Waals surface area contributed by atoms with Crippen molar-refractivity contribution < 1.29 is 22.7 Å². The first-order valence-electron chi connectivity index (χ1n) is 9.15. The molecule has 0 saturated carbocycles. The molecular formula is C17H28N2O5S. The summed E-state index contributed by atoms with van der Waals surface area (Å²) in [6, 6.07) is 0.258. The SMILES string of the molecule is CS(=O)(=O)CCC(=O)N1CC[C@@]2(CCCN(C3CCOCC3)C2=O)C1. The van der Waals surface area contributed by atoms with Crippen molar-refractivity contribution in [3.63, 3.8) is 0 Å². The lowest BCUT2D eigenvalue weighted by Crippen LogP contribution is -2.55. The van der Waals surface area contributed by atoms with E-state index in [2.05, 4.69) is 0 Å². The van der Waals surface area contributed by atoms with Gasteiger partial charge in [-0.25, -0.2) is 8.42 Å². The lowest BCUT2D eigenvalue weighted by Gasteiger charge is -2.44. The summed E-state index contributed by atoms with van der Waals surface area (Å²) >= 11 is 0. The maximum Gasteiger partial charge on any atom is 0.230 e. The van der Waals surface area contributed by atoms with E-state index in [0.29, 0.717) is 32.7 Å². The molecule has 0 radical (unpaired) electrons. The summed E-state index contributed by atoms with van der Waals surface area (Å²) in [6.45, 7) is 3.20. The van der Waals surface area contributed by atoms with Crippen LogP contribution in [0, 0.1) is 5.41 Å². The van der Waals surface area contributed by atoms with Crippen molar-refractivity contribution in [3.8, 4) is 0 Å². The molecule has 3 fully saturated rings. The van der Waals surface area contributed by atoms with Crippen molar-refractivity contribution in [1.82, 2.24) is 9.80 Å². The van der Waals surface area contributed by atoms with E-state index < -0.39 is 15.3 Å². The molecule has 142 valence electrons. The fourth-order valence-corrected chi connectivity index (χ4v) is 4.89. The highest BCUT2D eigenvalue weighted by Gasteiger charge is 2.50. The third-order valence-corrected chi connectivity index (χ3v) is 6.74. The summed E-state index contributed by atoms with van der Waals surface area (Å²) in [6.07, 6.45) is 5.40. The Hall–Kier alpha value is -1.15. The lowest BCUT2D eigenvalue weighted by molar-refractivity contribution is -0.150. The van der Waals surface area contributed by atoms with Gasteiger partial charge in [0.25, 0.3) is 0 Å². The predicted molar refractivity (Wildman–Crippen MR) is 92.7 cm³/mol. The quantitative estimate of drug-likeness (QED) is 0.715. The van der Waals surface area contributed by atoms with Gasteiger partial charge in [0.15, 0.2) is 0 Å². The zero-order chi connectivity index (χ0) is 18.1. The van der Waals surface area contributed by atoms with Gasteiger partial charge < -0.3 is 14.5 Å². The first kappa shape index (κ1) is 18.6. The second-order valence-corrected chi connectivity index (χ2v) is 9.93. The first-order valence-corrected chi connectivity index (χ1v) is 11.2. The molecule has 3 rings (SSSR count). The van der Waals surface area contributed by atoms with Crippen molar-refractivity contribution in [2.75, 3.05) is 44.9 Å². The summed E-state index contributed by atoms with van der Waals surface area (Å²) in [5.41, 5.74) is -0.461. The molecule has 0 aromatic rings. The monoisotopic (exact) mass is 372 g/mol. The Labute approximate surface area is 149 Å². The van der Waals surface area contributed by atoms with Crippen LogP contribution in [0.15, 0.2) is 0 Å². The highest BCUT2D eigenvalue weighted by atomic mass is 32.2. The molecule has 1 spiro atoms. The van der Waals surface area contributed by atoms with Gasteiger partial charge in [-0.1, -0.05) is 0 Å². The number of hydrogen-bond donors (Lipinski definition) is 0. The van der Waals surface area contributed by atoms with Crippen LogP contribution in [0.4, 0.5) is 0 Å². The second kappa shape index (κ2) is 7.23. The Bertz CT molecular complexity index is 629. The third-order valence-electron chi connectivity index (χ3n) is 5.79. The first-order chi connectivity index (χ1) is 11.8. The van der Waals surface area contributed by atoms with Crippen LogP contribution in [0.1, 0.15) is 38.5 Å². The van der Waals surface area contributed by atoms with Crippen LogP contribution in [-0.2, 0) is 24.2 Å². The third kappa shape index (κ3) is 4.16. The van der Waals surface area contributed by atoms with Gasteiger partial charge in [0.1, 0.15) is 9.84 Å². The van der Waals surface area contributed by atoms with Gasteiger partial charge in [0.2, 0.25) is 11.8 Å². The molecule has 0 unspecified atom stereocenters. The minimum absolute atomic E-state index is 0.00673. The van der Waals surface area contributed by atoms with Gasteiger partial charge in [-0.05, 0) is 32.1 Å². The number of sulfone groups is 1. The van der Waals surface area contributed by atoms with E-state index in [4.69, 9.17) is 4.74 Å². The van der Waals surface area contributed by atoms with Crippen LogP contribution in [0.5, 0.6) is 0 Å². The van der Waals surface area contributed by atoms with Crippen LogP contribution in [0.2, 0.25) is 0 Å². The second-order valence-electron chi connectivity index (χ2n) is 7.67. The molecule has 1 atom stereocenters. The molecule has 0 aromatic carbocycles. The Morgan fingerprint density at radius 2 is 1.96 bits per heavy atom. The normalized spacial score (nSPS) is 28.8. The van der Waals surface area contributed by atoms with E-state index in [9.17, 15) is 18.0 Å². The Kier molecular flexibility index (Phi) is 5.39. The molecule has 25 heavy (non-hydrogen) atoms. The fraction of sp³-hybridized carbons (Fsp3) is 0.882. The number of carbonyl (C=O) groups excluding carboxylic acids is 2. The van der Waals surface area contributed by atoms with Gasteiger partial charge in [-0.2, -0.15) is 0 Å². The summed E-state index contributed by atoms with van der Waals surface area (Å²) in [5.74, 6) is -0.0975. The molecule has 3 aliphatic heterocycles. The average molecular weight is 372 g/mol. The number of nitrogens with zero attached hydrogens (tertiary/aromatic N) is 2.